The molecule has 28 heavy (non-hydrogen) atoms. The van der Waals surface area contributed by atoms with Crippen LogP contribution in [0.3, 0.4) is 0 Å². The maximum absolute atomic E-state index is 12.7. The first kappa shape index (κ1) is 21.7. The first-order chi connectivity index (χ1) is 13.1. The molecule has 0 fully saturated rings. The highest BCUT2D eigenvalue weighted by Gasteiger charge is 2.37. The minimum Gasteiger partial charge on any atom is -0.352 e. The van der Waals surface area contributed by atoms with E-state index in [2.05, 4.69) is 20.8 Å². The van der Waals surface area contributed by atoms with Crippen LogP contribution in [0.15, 0.2) is 29.4 Å². The number of para-hydroxylation sites is 1. The summed E-state index contributed by atoms with van der Waals surface area (Å²) >= 11 is 0.817. The first-order valence-corrected chi connectivity index (χ1v) is 9.34. The highest BCUT2D eigenvalue weighted by molar-refractivity contribution is 7.99. The molecule has 2 rings (SSSR count). The Morgan fingerprint density at radius 2 is 1.89 bits per heavy atom. The number of hydrogen-bond acceptors (Lipinski definition) is 5. The van der Waals surface area contributed by atoms with Crippen LogP contribution in [0.2, 0.25) is 0 Å². The van der Waals surface area contributed by atoms with Crippen molar-refractivity contribution in [1.29, 1.82) is 0 Å². The molecule has 1 aromatic carbocycles. The number of benzene rings is 1. The lowest BCUT2D eigenvalue weighted by molar-refractivity contribution is -0.147. The number of thioether (sulfide) groups is 1. The lowest BCUT2D eigenvalue weighted by atomic mass is 10.1. The van der Waals surface area contributed by atoms with Gasteiger partial charge in [0.25, 0.3) is 5.91 Å². The van der Waals surface area contributed by atoms with E-state index in [1.54, 1.807) is 24.3 Å². The van der Waals surface area contributed by atoms with Gasteiger partial charge in [-0.2, -0.15) is 13.2 Å². The van der Waals surface area contributed by atoms with Crippen LogP contribution < -0.4 is 10.6 Å². The van der Waals surface area contributed by atoms with Crippen molar-refractivity contribution in [1.82, 2.24) is 20.1 Å². The lowest BCUT2D eigenvalue weighted by Gasteiger charge is -2.12. The summed E-state index contributed by atoms with van der Waals surface area (Å²) in [5.41, 5.74) is 0.628. The number of carbonyl (C=O) groups excluding carboxylic acids is 2. The number of carbonyl (C=O) groups is 2. The molecule has 1 heterocycles. The van der Waals surface area contributed by atoms with Gasteiger partial charge in [-0.15, -0.1) is 10.2 Å². The summed E-state index contributed by atoms with van der Waals surface area (Å²) in [4.78, 5) is 24.5. The van der Waals surface area contributed by atoms with E-state index in [0.717, 1.165) is 16.3 Å². The van der Waals surface area contributed by atoms with E-state index >= 15 is 0 Å². The first-order valence-electron chi connectivity index (χ1n) is 8.36. The molecule has 0 unspecified atom stereocenters. The van der Waals surface area contributed by atoms with Gasteiger partial charge in [0, 0.05) is 13.6 Å². The predicted octanol–water partition coefficient (Wildman–Crippen LogP) is 2.95. The van der Waals surface area contributed by atoms with E-state index < -0.39 is 17.9 Å². The number of amides is 2. The Morgan fingerprint density at radius 3 is 2.50 bits per heavy atom. The van der Waals surface area contributed by atoms with Gasteiger partial charge in [-0.05, 0) is 18.1 Å². The summed E-state index contributed by atoms with van der Waals surface area (Å²) in [5.74, 6) is -1.85. The van der Waals surface area contributed by atoms with E-state index in [4.69, 9.17) is 0 Å². The zero-order valence-electron chi connectivity index (χ0n) is 15.5. The number of anilines is 1. The van der Waals surface area contributed by atoms with Crippen LogP contribution in [-0.4, -0.2) is 38.9 Å². The molecule has 0 aliphatic heterocycles. The van der Waals surface area contributed by atoms with Crippen LogP contribution in [0.25, 0.3) is 0 Å². The molecule has 1 aromatic heterocycles. The molecular weight excluding hydrogens is 395 g/mol. The molecule has 0 radical (unpaired) electrons. The van der Waals surface area contributed by atoms with E-state index in [-0.39, 0.29) is 22.7 Å². The Kier molecular flexibility index (Phi) is 7.05. The molecule has 0 aliphatic rings. The monoisotopic (exact) mass is 415 g/mol. The van der Waals surface area contributed by atoms with E-state index in [9.17, 15) is 22.8 Å². The zero-order valence-corrected chi connectivity index (χ0v) is 16.3. The smallest absolute Gasteiger partial charge is 0.352 e. The number of hydrogen-bond donors (Lipinski definition) is 2. The molecule has 0 saturated heterocycles. The Labute approximate surface area is 164 Å². The number of nitrogens with zero attached hydrogens (tertiary/aromatic N) is 3. The minimum atomic E-state index is -4.62. The predicted molar refractivity (Wildman–Crippen MR) is 99.0 cm³/mol. The second-order valence-electron chi connectivity index (χ2n) is 6.35. The Balaban J connectivity index is 2.01. The van der Waals surface area contributed by atoms with Crippen LogP contribution in [0.1, 0.15) is 30.0 Å². The van der Waals surface area contributed by atoms with Crippen molar-refractivity contribution >= 4 is 29.3 Å². The largest absolute Gasteiger partial charge is 0.451 e. The van der Waals surface area contributed by atoms with Crippen molar-refractivity contribution in [2.24, 2.45) is 13.0 Å². The van der Waals surface area contributed by atoms with E-state index in [1.807, 2.05) is 13.8 Å². The van der Waals surface area contributed by atoms with Crippen molar-refractivity contribution in [3.63, 3.8) is 0 Å². The summed E-state index contributed by atoms with van der Waals surface area (Å²) in [6, 6.07) is 6.50. The number of alkyl halides is 3. The highest BCUT2D eigenvalue weighted by atomic mass is 32.2. The summed E-state index contributed by atoms with van der Waals surface area (Å²) in [7, 11) is 1.18. The summed E-state index contributed by atoms with van der Waals surface area (Å²) in [6.07, 6.45) is -4.62. The molecule has 7 nitrogen and oxygen atoms in total. The van der Waals surface area contributed by atoms with Gasteiger partial charge in [-0.3, -0.25) is 9.59 Å². The Bertz CT molecular complexity index is 852. The average Bonchev–Trinajstić information content (AvgIpc) is 2.99. The van der Waals surface area contributed by atoms with Crippen LogP contribution in [-0.2, 0) is 18.0 Å². The maximum Gasteiger partial charge on any atom is 0.451 e. The summed E-state index contributed by atoms with van der Waals surface area (Å²) in [5, 5.41) is 11.9. The summed E-state index contributed by atoms with van der Waals surface area (Å²) < 4.78 is 39.0. The summed E-state index contributed by atoms with van der Waals surface area (Å²) in [6.45, 7) is 4.41. The molecule has 0 saturated carbocycles. The topological polar surface area (TPSA) is 88.9 Å². The highest BCUT2D eigenvalue weighted by Crippen LogP contribution is 2.29. The molecule has 0 atom stereocenters. The number of aromatic nitrogens is 3. The van der Waals surface area contributed by atoms with Crippen molar-refractivity contribution in [2.45, 2.75) is 25.2 Å². The normalized spacial score (nSPS) is 11.5. The number of halogens is 3. The quantitative estimate of drug-likeness (QED) is 0.679. The van der Waals surface area contributed by atoms with Gasteiger partial charge in [-0.25, -0.2) is 0 Å². The van der Waals surface area contributed by atoms with Crippen molar-refractivity contribution in [3.8, 4) is 0 Å². The minimum absolute atomic E-state index is 0.0366. The number of nitrogens with one attached hydrogen (secondary N) is 2. The van der Waals surface area contributed by atoms with Gasteiger partial charge in [0.1, 0.15) is 0 Å². The lowest BCUT2D eigenvalue weighted by Crippen LogP contribution is -2.28. The van der Waals surface area contributed by atoms with Crippen LogP contribution in [0.4, 0.5) is 18.9 Å². The Morgan fingerprint density at radius 1 is 1.21 bits per heavy atom. The van der Waals surface area contributed by atoms with Gasteiger partial charge >= 0.3 is 6.18 Å². The molecule has 0 aliphatic carbocycles. The average molecular weight is 415 g/mol. The van der Waals surface area contributed by atoms with E-state index in [0.29, 0.717) is 17.8 Å². The third kappa shape index (κ3) is 5.72. The molecule has 11 heteroatoms. The number of rotatable bonds is 7. The molecule has 2 aromatic rings. The van der Waals surface area contributed by atoms with Crippen LogP contribution >= 0.6 is 11.8 Å². The third-order valence-corrected chi connectivity index (χ3v) is 4.56. The second-order valence-corrected chi connectivity index (χ2v) is 7.29. The third-order valence-electron chi connectivity index (χ3n) is 3.54. The molecule has 0 bridgehead atoms. The van der Waals surface area contributed by atoms with Gasteiger partial charge in [-0.1, -0.05) is 37.7 Å². The zero-order chi connectivity index (χ0) is 20.9. The second kappa shape index (κ2) is 9.09. The van der Waals surface area contributed by atoms with Gasteiger partial charge < -0.3 is 15.2 Å². The van der Waals surface area contributed by atoms with E-state index in [1.165, 1.54) is 7.05 Å². The fourth-order valence-corrected chi connectivity index (χ4v) is 2.90. The fraction of sp³-hybridized carbons (Fsp3) is 0.412. The standard InChI is InChI=1S/C17H20F3N5O2S/c1-10(2)8-21-14(27)11-6-4-5-7-12(11)22-13(26)9-28-16-24-23-15(25(16)3)17(18,19)20/h4-7,10H,8-9H2,1-3H3,(H,21,27)(H,22,26). The van der Waals surface area contributed by atoms with Crippen molar-refractivity contribution < 1.29 is 22.8 Å². The maximum atomic E-state index is 12.7. The SMILES string of the molecule is CC(C)CNC(=O)c1ccccc1NC(=O)CSc1nnc(C(F)(F)F)n1C. The molecule has 2 amide bonds. The Hall–Kier alpha value is -2.56. The molecule has 2 N–H and O–H groups in total. The van der Waals surface area contributed by atoms with Crippen LogP contribution in [0.5, 0.6) is 0 Å². The van der Waals surface area contributed by atoms with Crippen LogP contribution in [0, 0.1) is 5.92 Å². The van der Waals surface area contributed by atoms with Gasteiger partial charge in [0.05, 0.1) is 17.0 Å². The van der Waals surface area contributed by atoms with Gasteiger partial charge in [0.2, 0.25) is 11.7 Å². The molecule has 152 valence electrons. The fourth-order valence-electron chi connectivity index (χ4n) is 2.19. The van der Waals surface area contributed by atoms with Crippen molar-refractivity contribution in [2.75, 3.05) is 17.6 Å². The molecular formula is C17H20F3N5O2S. The molecule has 0 spiro atoms. The van der Waals surface area contributed by atoms with Crippen molar-refractivity contribution in [3.05, 3.63) is 35.7 Å². The van der Waals surface area contributed by atoms with Gasteiger partial charge in [0.15, 0.2) is 5.16 Å².